The summed E-state index contributed by atoms with van der Waals surface area (Å²) in [6, 6.07) is 6.57. The summed E-state index contributed by atoms with van der Waals surface area (Å²) in [5.74, 6) is 0.929. The van der Waals surface area contributed by atoms with Crippen LogP contribution in [0.4, 0.5) is 5.82 Å². The molecule has 1 saturated heterocycles. The number of nitrogens with one attached hydrogen (secondary N) is 1. The van der Waals surface area contributed by atoms with Gasteiger partial charge in [0.05, 0.1) is 18.9 Å². The van der Waals surface area contributed by atoms with E-state index in [0.29, 0.717) is 6.04 Å². The summed E-state index contributed by atoms with van der Waals surface area (Å²) in [5.41, 5.74) is 1.11. The first kappa shape index (κ1) is 11.4. The molecule has 2 rings (SSSR count). The van der Waals surface area contributed by atoms with Gasteiger partial charge in [0.25, 0.3) is 0 Å². The Morgan fingerprint density at radius 3 is 3.19 bits per heavy atom. The number of hydrogen-bond donors (Lipinski definition) is 1. The van der Waals surface area contributed by atoms with Crippen molar-refractivity contribution in [3.05, 3.63) is 23.9 Å². The van der Waals surface area contributed by atoms with Crippen LogP contribution in [0.3, 0.4) is 0 Å². The largest absolute Gasteiger partial charge is 0.379 e. The Morgan fingerprint density at radius 1 is 1.56 bits per heavy atom. The maximum atomic E-state index is 5.42. The number of aromatic nitrogens is 1. The molecule has 0 saturated carbocycles. The van der Waals surface area contributed by atoms with Crippen molar-refractivity contribution in [2.75, 3.05) is 32.1 Å². The number of hydrogen-bond acceptors (Lipinski definition) is 4. The van der Waals surface area contributed by atoms with Crippen molar-refractivity contribution in [3.63, 3.8) is 0 Å². The lowest BCUT2D eigenvalue weighted by molar-refractivity contribution is -0.00488. The van der Waals surface area contributed by atoms with Crippen LogP contribution in [0.1, 0.15) is 12.6 Å². The highest BCUT2D eigenvalue weighted by Crippen LogP contribution is 2.12. The summed E-state index contributed by atoms with van der Waals surface area (Å²) in [6.07, 6.45) is 0. The molecule has 0 bridgehead atoms. The summed E-state index contributed by atoms with van der Waals surface area (Å²) < 4.78 is 5.42. The Kier molecular flexibility index (Phi) is 3.74. The molecule has 4 heteroatoms. The van der Waals surface area contributed by atoms with E-state index in [2.05, 4.69) is 28.2 Å². The average molecular weight is 221 g/mol. The molecule has 1 N–H and O–H groups in total. The van der Waals surface area contributed by atoms with Crippen LogP contribution in [0, 0.1) is 0 Å². The van der Waals surface area contributed by atoms with Crippen LogP contribution in [0.5, 0.6) is 0 Å². The van der Waals surface area contributed by atoms with Gasteiger partial charge in [-0.2, -0.15) is 0 Å². The minimum atomic E-state index is 0.480. The normalized spacial score (nSPS) is 22.0. The summed E-state index contributed by atoms with van der Waals surface area (Å²) >= 11 is 0. The predicted molar refractivity (Wildman–Crippen MR) is 64.5 cm³/mol. The average Bonchev–Trinajstić information content (AvgIpc) is 2.32. The molecule has 1 aliphatic heterocycles. The van der Waals surface area contributed by atoms with E-state index >= 15 is 0 Å². The van der Waals surface area contributed by atoms with Gasteiger partial charge in [0.2, 0.25) is 0 Å². The van der Waals surface area contributed by atoms with E-state index in [1.54, 1.807) is 0 Å². The number of pyridine rings is 1. The van der Waals surface area contributed by atoms with E-state index in [-0.39, 0.29) is 0 Å². The van der Waals surface area contributed by atoms with Crippen molar-refractivity contribution in [3.8, 4) is 0 Å². The van der Waals surface area contributed by atoms with Gasteiger partial charge in [0.15, 0.2) is 0 Å². The molecule has 0 radical (unpaired) electrons. The molecule has 1 aromatic heterocycles. The standard InChI is InChI=1S/C12H19N3O/c1-10-9-16-7-6-15(10)8-11-4-3-5-12(13-2)14-11/h3-5,10H,6-9H2,1-2H3,(H,13,14). The third-order valence-electron chi connectivity index (χ3n) is 2.93. The van der Waals surface area contributed by atoms with Gasteiger partial charge in [-0.15, -0.1) is 0 Å². The number of morpholine rings is 1. The van der Waals surface area contributed by atoms with Crippen molar-refractivity contribution in [2.24, 2.45) is 0 Å². The van der Waals surface area contributed by atoms with Gasteiger partial charge in [0.1, 0.15) is 5.82 Å². The smallest absolute Gasteiger partial charge is 0.126 e. The molecule has 0 spiro atoms. The second-order valence-corrected chi connectivity index (χ2v) is 4.16. The fraction of sp³-hybridized carbons (Fsp3) is 0.583. The second-order valence-electron chi connectivity index (χ2n) is 4.16. The zero-order valence-corrected chi connectivity index (χ0v) is 9.94. The minimum Gasteiger partial charge on any atom is -0.379 e. The number of ether oxygens (including phenoxy) is 1. The third kappa shape index (κ3) is 2.71. The zero-order valence-electron chi connectivity index (χ0n) is 9.94. The molecule has 88 valence electrons. The fourth-order valence-electron chi connectivity index (χ4n) is 1.91. The van der Waals surface area contributed by atoms with E-state index in [0.717, 1.165) is 37.8 Å². The Hall–Kier alpha value is -1.13. The lowest BCUT2D eigenvalue weighted by Crippen LogP contribution is -2.43. The molecule has 1 aromatic rings. The van der Waals surface area contributed by atoms with Gasteiger partial charge >= 0.3 is 0 Å². The monoisotopic (exact) mass is 221 g/mol. The maximum absolute atomic E-state index is 5.42. The molecule has 1 aliphatic rings. The van der Waals surface area contributed by atoms with E-state index < -0.39 is 0 Å². The van der Waals surface area contributed by atoms with E-state index in [1.165, 1.54) is 0 Å². The summed E-state index contributed by atoms with van der Waals surface area (Å²) in [6.45, 7) is 5.75. The van der Waals surface area contributed by atoms with Gasteiger partial charge in [-0.3, -0.25) is 4.90 Å². The molecule has 0 amide bonds. The van der Waals surface area contributed by atoms with Gasteiger partial charge in [-0.25, -0.2) is 4.98 Å². The molecule has 1 fully saturated rings. The highest BCUT2D eigenvalue weighted by atomic mass is 16.5. The summed E-state index contributed by atoms with van der Waals surface area (Å²) in [7, 11) is 1.89. The maximum Gasteiger partial charge on any atom is 0.126 e. The topological polar surface area (TPSA) is 37.4 Å². The summed E-state index contributed by atoms with van der Waals surface area (Å²) in [4.78, 5) is 6.93. The van der Waals surface area contributed by atoms with Crippen molar-refractivity contribution >= 4 is 5.82 Å². The van der Waals surface area contributed by atoms with Crippen LogP contribution in [-0.4, -0.2) is 42.7 Å². The molecule has 16 heavy (non-hydrogen) atoms. The van der Waals surface area contributed by atoms with E-state index in [4.69, 9.17) is 4.74 Å². The van der Waals surface area contributed by atoms with Crippen LogP contribution < -0.4 is 5.32 Å². The molecular formula is C12H19N3O. The number of nitrogens with zero attached hydrogens (tertiary/aromatic N) is 2. The first-order chi connectivity index (χ1) is 7.79. The van der Waals surface area contributed by atoms with Crippen LogP contribution in [-0.2, 0) is 11.3 Å². The van der Waals surface area contributed by atoms with E-state index in [1.807, 2.05) is 19.2 Å². The van der Waals surface area contributed by atoms with Crippen LogP contribution in [0.25, 0.3) is 0 Å². The molecule has 1 atom stereocenters. The highest BCUT2D eigenvalue weighted by Gasteiger charge is 2.18. The highest BCUT2D eigenvalue weighted by molar-refractivity contribution is 5.34. The molecule has 4 nitrogen and oxygen atoms in total. The molecule has 1 unspecified atom stereocenters. The first-order valence-electron chi connectivity index (χ1n) is 5.75. The van der Waals surface area contributed by atoms with Crippen molar-refractivity contribution < 1.29 is 4.74 Å². The molecule has 2 heterocycles. The van der Waals surface area contributed by atoms with Crippen molar-refractivity contribution in [1.82, 2.24) is 9.88 Å². The Balaban J connectivity index is 2.01. The lowest BCUT2D eigenvalue weighted by Gasteiger charge is -2.32. The second kappa shape index (κ2) is 5.27. The number of anilines is 1. The zero-order chi connectivity index (χ0) is 11.4. The Bertz CT molecular complexity index is 343. The van der Waals surface area contributed by atoms with Gasteiger partial charge in [0, 0.05) is 26.2 Å². The first-order valence-corrected chi connectivity index (χ1v) is 5.75. The Labute approximate surface area is 96.6 Å². The fourth-order valence-corrected chi connectivity index (χ4v) is 1.91. The van der Waals surface area contributed by atoms with Crippen LogP contribution in [0.2, 0.25) is 0 Å². The Morgan fingerprint density at radius 2 is 2.44 bits per heavy atom. The summed E-state index contributed by atoms with van der Waals surface area (Å²) in [5, 5.41) is 3.06. The molecule has 0 aliphatic carbocycles. The van der Waals surface area contributed by atoms with Gasteiger partial charge in [-0.05, 0) is 19.1 Å². The van der Waals surface area contributed by atoms with Gasteiger partial charge < -0.3 is 10.1 Å². The van der Waals surface area contributed by atoms with Crippen molar-refractivity contribution in [2.45, 2.75) is 19.5 Å². The SMILES string of the molecule is CNc1cccc(CN2CCOCC2C)n1. The lowest BCUT2D eigenvalue weighted by atomic mass is 10.2. The van der Waals surface area contributed by atoms with Gasteiger partial charge in [-0.1, -0.05) is 6.07 Å². The third-order valence-corrected chi connectivity index (χ3v) is 2.93. The number of rotatable bonds is 3. The molecular weight excluding hydrogens is 202 g/mol. The van der Waals surface area contributed by atoms with Crippen molar-refractivity contribution in [1.29, 1.82) is 0 Å². The van der Waals surface area contributed by atoms with E-state index in [9.17, 15) is 0 Å². The van der Waals surface area contributed by atoms with Crippen LogP contribution >= 0.6 is 0 Å². The predicted octanol–water partition coefficient (Wildman–Crippen LogP) is 1.34. The quantitative estimate of drug-likeness (QED) is 0.836. The molecule has 0 aromatic carbocycles. The minimum absolute atomic E-state index is 0.480. The van der Waals surface area contributed by atoms with Crippen LogP contribution in [0.15, 0.2) is 18.2 Å².